The van der Waals surface area contributed by atoms with Crippen molar-refractivity contribution < 1.29 is 9.21 Å². The lowest BCUT2D eigenvalue weighted by atomic mass is 10.3. The van der Waals surface area contributed by atoms with E-state index >= 15 is 0 Å². The minimum absolute atomic E-state index is 0.261. The van der Waals surface area contributed by atoms with Gasteiger partial charge < -0.3 is 15.1 Å². The van der Waals surface area contributed by atoms with Crippen LogP contribution in [-0.4, -0.2) is 22.4 Å². The molecule has 6 heteroatoms. The van der Waals surface area contributed by atoms with Crippen LogP contribution < -0.4 is 10.6 Å². The summed E-state index contributed by atoms with van der Waals surface area (Å²) in [5.74, 6) is 0.330. The zero-order chi connectivity index (χ0) is 12.8. The fourth-order valence-corrected chi connectivity index (χ4v) is 1.41. The second kappa shape index (κ2) is 5.81. The van der Waals surface area contributed by atoms with Gasteiger partial charge >= 0.3 is 0 Å². The van der Waals surface area contributed by atoms with E-state index in [4.69, 9.17) is 4.42 Å². The summed E-state index contributed by atoms with van der Waals surface area (Å²) in [5.41, 5.74) is 1.19. The minimum atomic E-state index is -0.261. The molecule has 0 aromatic carbocycles. The van der Waals surface area contributed by atoms with E-state index in [1.54, 1.807) is 24.8 Å². The highest BCUT2D eigenvalue weighted by molar-refractivity contribution is 5.92. The number of furan rings is 1. The van der Waals surface area contributed by atoms with Gasteiger partial charge in [-0.2, -0.15) is 0 Å². The third-order valence-corrected chi connectivity index (χ3v) is 2.26. The molecule has 0 aliphatic heterocycles. The van der Waals surface area contributed by atoms with Crippen molar-refractivity contribution in [3.05, 3.63) is 42.2 Å². The number of hydrogen-bond donors (Lipinski definition) is 2. The number of carbonyl (C=O) groups excluding carboxylic acids is 1. The Morgan fingerprint density at radius 1 is 1.44 bits per heavy atom. The molecule has 0 atom stereocenters. The average molecular weight is 246 g/mol. The molecule has 0 fully saturated rings. The molecule has 0 spiro atoms. The van der Waals surface area contributed by atoms with Crippen molar-refractivity contribution in [1.82, 2.24) is 15.3 Å². The van der Waals surface area contributed by atoms with Crippen molar-refractivity contribution in [2.24, 2.45) is 0 Å². The molecule has 2 rings (SSSR count). The lowest BCUT2D eigenvalue weighted by molar-refractivity contribution is 0.0945. The zero-order valence-electron chi connectivity index (χ0n) is 10.0. The Labute approximate surface area is 104 Å². The molecular weight excluding hydrogens is 232 g/mol. The van der Waals surface area contributed by atoms with Crippen LogP contribution in [0.5, 0.6) is 0 Å². The maximum atomic E-state index is 11.8. The number of nitrogens with one attached hydrogen (secondary N) is 2. The molecule has 0 saturated carbocycles. The molecular formula is C12H14N4O2. The molecule has 94 valence electrons. The van der Waals surface area contributed by atoms with Gasteiger partial charge in [-0.15, -0.1) is 0 Å². The van der Waals surface area contributed by atoms with Gasteiger partial charge in [0.2, 0.25) is 0 Å². The molecule has 0 unspecified atom stereocenters. The van der Waals surface area contributed by atoms with Crippen LogP contribution in [-0.2, 0) is 6.54 Å². The first-order valence-corrected chi connectivity index (χ1v) is 5.64. The van der Waals surface area contributed by atoms with Gasteiger partial charge in [0.1, 0.15) is 11.5 Å². The van der Waals surface area contributed by atoms with E-state index in [9.17, 15) is 4.79 Å². The number of carbonyl (C=O) groups is 1. The summed E-state index contributed by atoms with van der Waals surface area (Å²) in [6, 6.07) is 1.79. The molecule has 0 aliphatic carbocycles. The van der Waals surface area contributed by atoms with Crippen LogP contribution in [0.4, 0.5) is 5.82 Å². The van der Waals surface area contributed by atoms with Crippen LogP contribution in [0.25, 0.3) is 0 Å². The highest BCUT2D eigenvalue weighted by Crippen LogP contribution is 2.03. The molecule has 6 nitrogen and oxygen atoms in total. The zero-order valence-corrected chi connectivity index (χ0v) is 10.0. The number of aromatic nitrogens is 2. The first-order valence-electron chi connectivity index (χ1n) is 5.64. The largest absolute Gasteiger partial charge is 0.472 e. The summed E-state index contributed by atoms with van der Waals surface area (Å²) >= 11 is 0. The standard InChI is InChI=1S/C12H14N4O2/c1-2-14-11-7-13-6-10(16-11)12(17)15-5-9-3-4-18-8-9/h3-4,6-8H,2,5H2,1H3,(H,14,16)(H,15,17). The summed E-state index contributed by atoms with van der Waals surface area (Å²) in [6.07, 6.45) is 6.16. The molecule has 0 bridgehead atoms. The molecule has 1 amide bonds. The van der Waals surface area contributed by atoms with E-state index in [0.29, 0.717) is 12.4 Å². The normalized spacial score (nSPS) is 10.1. The SMILES string of the molecule is CCNc1cncc(C(=O)NCc2ccoc2)n1. The number of anilines is 1. The third-order valence-electron chi connectivity index (χ3n) is 2.26. The Hall–Kier alpha value is -2.37. The monoisotopic (exact) mass is 246 g/mol. The predicted molar refractivity (Wildman–Crippen MR) is 66.1 cm³/mol. The number of hydrogen-bond acceptors (Lipinski definition) is 5. The Balaban J connectivity index is 1.97. The number of amides is 1. The second-order valence-electron chi connectivity index (χ2n) is 3.63. The van der Waals surface area contributed by atoms with Gasteiger partial charge in [-0.3, -0.25) is 9.78 Å². The van der Waals surface area contributed by atoms with Crippen molar-refractivity contribution >= 4 is 11.7 Å². The quantitative estimate of drug-likeness (QED) is 0.834. The van der Waals surface area contributed by atoms with Crippen LogP contribution in [0.3, 0.4) is 0 Å². The van der Waals surface area contributed by atoms with Gasteiger partial charge in [0.05, 0.1) is 24.9 Å². The first-order chi connectivity index (χ1) is 8.79. The van der Waals surface area contributed by atoms with Gasteiger partial charge in [-0.05, 0) is 13.0 Å². The molecule has 2 heterocycles. The molecule has 0 saturated heterocycles. The first kappa shape index (κ1) is 12.1. The van der Waals surface area contributed by atoms with Gasteiger partial charge in [-0.25, -0.2) is 4.98 Å². The van der Waals surface area contributed by atoms with Crippen LogP contribution >= 0.6 is 0 Å². The van der Waals surface area contributed by atoms with Crippen molar-refractivity contribution in [2.45, 2.75) is 13.5 Å². The predicted octanol–water partition coefficient (Wildman–Crippen LogP) is 1.43. The fourth-order valence-electron chi connectivity index (χ4n) is 1.41. The van der Waals surface area contributed by atoms with Gasteiger partial charge in [0, 0.05) is 18.7 Å². The molecule has 0 radical (unpaired) electrons. The summed E-state index contributed by atoms with van der Waals surface area (Å²) in [7, 11) is 0. The Morgan fingerprint density at radius 2 is 2.33 bits per heavy atom. The van der Waals surface area contributed by atoms with Crippen LogP contribution in [0.1, 0.15) is 23.0 Å². The van der Waals surface area contributed by atoms with E-state index < -0.39 is 0 Å². The lowest BCUT2D eigenvalue weighted by Gasteiger charge is -2.05. The average Bonchev–Trinajstić information content (AvgIpc) is 2.90. The second-order valence-corrected chi connectivity index (χ2v) is 3.63. The smallest absolute Gasteiger partial charge is 0.271 e. The maximum Gasteiger partial charge on any atom is 0.271 e. The van der Waals surface area contributed by atoms with E-state index in [0.717, 1.165) is 12.1 Å². The van der Waals surface area contributed by atoms with E-state index in [-0.39, 0.29) is 11.6 Å². The number of rotatable bonds is 5. The van der Waals surface area contributed by atoms with Crippen molar-refractivity contribution in [2.75, 3.05) is 11.9 Å². The Morgan fingerprint density at radius 3 is 3.06 bits per heavy atom. The highest BCUT2D eigenvalue weighted by Gasteiger charge is 2.08. The van der Waals surface area contributed by atoms with Crippen molar-refractivity contribution in [1.29, 1.82) is 0 Å². The lowest BCUT2D eigenvalue weighted by Crippen LogP contribution is -2.24. The molecule has 2 N–H and O–H groups in total. The van der Waals surface area contributed by atoms with Crippen LogP contribution in [0, 0.1) is 0 Å². The van der Waals surface area contributed by atoms with Gasteiger partial charge in [0.25, 0.3) is 5.91 Å². The third kappa shape index (κ3) is 3.07. The number of nitrogens with zero attached hydrogens (tertiary/aromatic N) is 2. The highest BCUT2D eigenvalue weighted by atomic mass is 16.3. The van der Waals surface area contributed by atoms with Crippen molar-refractivity contribution in [3.8, 4) is 0 Å². The topological polar surface area (TPSA) is 80.0 Å². The van der Waals surface area contributed by atoms with Gasteiger partial charge in [0.15, 0.2) is 0 Å². The molecule has 2 aromatic rings. The van der Waals surface area contributed by atoms with E-state index in [2.05, 4.69) is 20.6 Å². The van der Waals surface area contributed by atoms with Gasteiger partial charge in [-0.1, -0.05) is 0 Å². The van der Waals surface area contributed by atoms with E-state index in [1.807, 2.05) is 6.92 Å². The van der Waals surface area contributed by atoms with Crippen LogP contribution in [0.15, 0.2) is 35.4 Å². The minimum Gasteiger partial charge on any atom is -0.472 e. The summed E-state index contributed by atoms with van der Waals surface area (Å²) in [4.78, 5) is 19.9. The molecule has 18 heavy (non-hydrogen) atoms. The fraction of sp³-hybridized carbons (Fsp3) is 0.250. The summed E-state index contributed by atoms with van der Waals surface area (Å²) in [5, 5.41) is 5.75. The summed E-state index contributed by atoms with van der Waals surface area (Å²) in [6.45, 7) is 3.09. The maximum absolute atomic E-state index is 11.8. The van der Waals surface area contributed by atoms with Crippen LogP contribution in [0.2, 0.25) is 0 Å². The molecule has 0 aliphatic rings. The van der Waals surface area contributed by atoms with E-state index in [1.165, 1.54) is 6.20 Å². The Kier molecular flexibility index (Phi) is 3.90. The molecule has 2 aromatic heterocycles. The summed E-state index contributed by atoms with van der Waals surface area (Å²) < 4.78 is 4.91. The van der Waals surface area contributed by atoms with Crippen molar-refractivity contribution in [3.63, 3.8) is 0 Å². The Bertz CT molecular complexity index is 511.